The van der Waals surface area contributed by atoms with Crippen LogP contribution >= 0.6 is 0 Å². The number of nitrogens with one attached hydrogen (secondary N) is 1. The maximum absolute atomic E-state index is 12.9. The Labute approximate surface area is 242 Å². The molecular weight excluding hydrogens is 538 g/mol. The molecule has 6 rings (SSSR count). The Morgan fingerprint density at radius 1 is 1.05 bits per heavy atom. The number of ether oxygens (including phenoxy) is 4. The van der Waals surface area contributed by atoms with Crippen LogP contribution in [-0.2, 0) is 17.8 Å². The summed E-state index contributed by atoms with van der Waals surface area (Å²) in [6.45, 7) is 1.42. The van der Waals surface area contributed by atoms with Crippen LogP contribution in [0.3, 0.4) is 0 Å². The van der Waals surface area contributed by atoms with E-state index in [0.717, 1.165) is 46.5 Å². The Hall–Kier alpha value is -4.99. The number of carbonyl (C=O) groups excluding carboxylic acids is 2. The number of nitrogens with two attached hydrogens (primary N) is 1. The zero-order chi connectivity index (χ0) is 29.2. The van der Waals surface area contributed by atoms with E-state index in [1.165, 1.54) is 23.8 Å². The number of hydrogen-bond acceptors (Lipinski definition) is 8. The number of aromatic hydroxyl groups is 1. The molecule has 0 saturated heterocycles. The van der Waals surface area contributed by atoms with Crippen molar-refractivity contribution in [2.45, 2.75) is 38.6 Å². The second-order valence-electron chi connectivity index (χ2n) is 10.4. The number of esters is 1. The second kappa shape index (κ2) is 11.5. The van der Waals surface area contributed by atoms with Crippen molar-refractivity contribution >= 4 is 28.3 Å². The van der Waals surface area contributed by atoms with Crippen LogP contribution in [0.5, 0.6) is 28.7 Å². The number of methoxy groups -OCH3 is 1. The zero-order valence-corrected chi connectivity index (χ0v) is 23.3. The molecule has 10 heteroatoms. The van der Waals surface area contributed by atoms with Crippen molar-refractivity contribution in [3.63, 3.8) is 0 Å². The number of aromatic nitrogens is 1. The number of amides is 1. The third kappa shape index (κ3) is 5.35. The molecule has 0 spiro atoms. The number of unbranched alkanes of at least 4 members (excludes halogenated alkanes) is 2. The number of phenolic OH excluding ortho intramolecular Hbond substituents is 1. The van der Waals surface area contributed by atoms with E-state index in [0.29, 0.717) is 43.0 Å². The Kier molecular flexibility index (Phi) is 7.43. The van der Waals surface area contributed by atoms with Gasteiger partial charge in [-0.1, -0.05) is 6.42 Å². The lowest BCUT2D eigenvalue weighted by Gasteiger charge is -2.17. The zero-order valence-electron chi connectivity index (χ0n) is 23.3. The molecule has 0 aliphatic carbocycles. The quantitative estimate of drug-likeness (QED) is 0.0679. The normalized spacial score (nSPS) is 12.9. The van der Waals surface area contributed by atoms with Crippen LogP contribution in [0.25, 0.3) is 22.0 Å². The van der Waals surface area contributed by atoms with E-state index in [4.69, 9.17) is 24.7 Å². The van der Waals surface area contributed by atoms with Gasteiger partial charge in [-0.25, -0.2) is 0 Å². The standard InChI is InChI=1S/C32H31N3O7/c1-39-27-9-6-19-13-25-22-16-29-28(40-18-41-29)14-20(22)10-12-35(25)17-24(19)31(27)42-30(37)5-3-2-4-11-34-32(38)23-15-21(33)7-8-26(23)36/h6-9,13-17H,2-5,10-12,18,33H2,1H3,(H-,34,36,38)/p+1. The van der Waals surface area contributed by atoms with E-state index < -0.39 is 5.91 Å². The molecule has 2 aliphatic rings. The molecule has 0 atom stereocenters. The summed E-state index contributed by atoms with van der Waals surface area (Å²) in [4.78, 5) is 25.2. The lowest BCUT2D eigenvalue weighted by molar-refractivity contribution is -0.686. The van der Waals surface area contributed by atoms with Crippen LogP contribution in [0.15, 0.2) is 54.7 Å². The lowest BCUT2D eigenvalue weighted by atomic mass is 9.95. The number of fused-ring (bicyclic) bond motifs is 5. The maximum Gasteiger partial charge on any atom is 0.311 e. The number of hydrogen-bond donors (Lipinski definition) is 3. The minimum absolute atomic E-state index is 0.120. The predicted octanol–water partition coefficient (Wildman–Crippen LogP) is 4.27. The van der Waals surface area contributed by atoms with Crippen molar-refractivity contribution in [1.82, 2.24) is 5.32 Å². The molecule has 1 aromatic heterocycles. The number of nitrogens with zero attached hydrogens (tertiary/aromatic N) is 1. The molecule has 0 unspecified atom stereocenters. The molecule has 42 heavy (non-hydrogen) atoms. The molecule has 4 N–H and O–H groups in total. The maximum atomic E-state index is 12.9. The summed E-state index contributed by atoms with van der Waals surface area (Å²) in [7, 11) is 1.56. The largest absolute Gasteiger partial charge is 0.507 e. The summed E-state index contributed by atoms with van der Waals surface area (Å²) in [5.41, 5.74) is 9.61. The number of aryl methyl sites for hydroxylation is 2. The highest BCUT2D eigenvalue weighted by molar-refractivity contribution is 5.97. The number of rotatable bonds is 9. The summed E-state index contributed by atoms with van der Waals surface area (Å²) >= 11 is 0. The summed E-state index contributed by atoms with van der Waals surface area (Å²) in [6, 6.07) is 14.3. The van der Waals surface area contributed by atoms with Gasteiger partial charge in [-0.05, 0) is 66.3 Å². The molecule has 10 nitrogen and oxygen atoms in total. The Morgan fingerprint density at radius 2 is 1.88 bits per heavy atom. The molecule has 0 bridgehead atoms. The summed E-state index contributed by atoms with van der Waals surface area (Å²) in [6.07, 6.45) is 5.07. The average molecular weight is 571 g/mol. The first-order valence-corrected chi connectivity index (χ1v) is 14.0. The van der Waals surface area contributed by atoms with E-state index >= 15 is 0 Å². The molecule has 0 fully saturated rings. The van der Waals surface area contributed by atoms with Crippen LogP contribution in [-0.4, -0.2) is 37.4 Å². The first-order chi connectivity index (χ1) is 20.4. The van der Waals surface area contributed by atoms with Gasteiger partial charge in [-0.2, -0.15) is 4.57 Å². The second-order valence-corrected chi connectivity index (χ2v) is 10.4. The van der Waals surface area contributed by atoms with E-state index in [2.05, 4.69) is 22.0 Å². The highest BCUT2D eigenvalue weighted by atomic mass is 16.7. The van der Waals surface area contributed by atoms with Gasteiger partial charge in [0, 0.05) is 31.1 Å². The van der Waals surface area contributed by atoms with Crippen molar-refractivity contribution in [2.24, 2.45) is 0 Å². The molecule has 216 valence electrons. The summed E-state index contributed by atoms with van der Waals surface area (Å²) in [5.74, 6) is 1.56. The van der Waals surface area contributed by atoms with Gasteiger partial charge in [0.25, 0.3) is 5.91 Å². The fourth-order valence-corrected chi connectivity index (χ4v) is 5.43. The van der Waals surface area contributed by atoms with Gasteiger partial charge >= 0.3 is 5.97 Å². The smallest absolute Gasteiger partial charge is 0.311 e. The number of pyridine rings is 1. The third-order valence-electron chi connectivity index (χ3n) is 7.62. The Morgan fingerprint density at radius 3 is 2.71 bits per heavy atom. The average Bonchev–Trinajstić information content (AvgIpc) is 3.45. The Bertz CT molecular complexity index is 1700. The molecule has 1 amide bonds. The molecule has 3 heterocycles. The number of phenols is 1. The van der Waals surface area contributed by atoms with E-state index in [-0.39, 0.29) is 30.5 Å². The number of anilines is 1. The lowest BCUT2D eigenvalue weighted by Crippen LogP contribution is -2.40. The fourth-order valence-electron chi connectivity index (χ4n) is 5.43. The Balaban J connectivity index is 1.09. The van der Waals surface area contributed by atoms with Crippen molar-refractivity contribution in [2.75, 3.05) is 26.2 Å². The highest BCUT2D eigenvalue weighted by Gasteiger charge is 2.29. The van der Waals surface area contributed by atoms with E-state index in [1.54, 1.807) is 7.11 Å². The minimum Gasteiger partial charge on any atom is -0.507 e. The first kappa shape index (κ1) is 27.2. The molecule has 4 aromatic rings. The van der Waals surface area contributed by atoms with Gasteiger partial charge in [-0.15, -0.1) is 0 Å². The van der Waals surface area contributed by atoms with Crippen LogP contribution in [0.1, 0.15) is 41.6 Å². The first-order valence-electron chi connectivity index (χ1n) is 14.0. The highest BCUT2D eigenvalue weighted by Crippen LogP contribution is 2.41. The monoisotopic (exact) mass is 570 g/mol. The van der Waals surface area contributed by atoms with Crippen molar-refractivity contribution in [1.29, 1.82) is 0 Å². The molecule has 0 saturated carbocycles. The topological polar surface area (TPSA) is 133 Å². The van der Waals surface area contributed by atoms with Gasteiger partial charge in [0.05, 0.1) is 23.6 Å². The van der Waals surface area contributed by atoms with E-state index in [9.17, 15) is 14.7 Å². The van der Waals surface area contributed by atoms with Gasteiger partial charge in [0.15, 0.2) is 35.7 Å². The van der Waals surface area contributed by atoms with Crippen molar-refractivity contribution in [3.8, 4) is 40.0 Å². The van der Waals surface area contributed by atoms with Crippen LogP contribution < -0.4 is 34.6 Å². The number of nitrogen functional groups attached to an aromatic ring is 1. The van der Waals surface area contributed by atoms with Gasteiger partial charge in [0.1, 0.15) is 5.75 Å². The molecule has 0 radical (unpaired) electrons. The fraction of sp³-hybridized carbons (Fsp3) is 0.281. The van der Waals surface area contributed by atoms with Gasteiger partial charge < -0.3 is 35.1 Å². The van der Waals surface area contributed by atoms with E-state index in [1.807, 2.05) is 24.4 Å². The molecule has 3 aromatic carbocycles. The van der Waals surface area contributed by atoms with Gasteiger partial charge in [0.2, 0.25) is 12.5 Å². The molecular formula is C32H32N3O7+. The van der Waals surface area contributed by atoms with Crippen molar-refractivity contribution < 1.29 is 38.2 Å². The van der Waals surface area contributed by atoms with Crippen LogP contribution in [0.4, 0.5) is 5.69 Å². The van der Waals surface area contributed by atoms with Gasteiger partial charge in [-0.3, -0.25) is 9.59 Å². The molecule has 2 aliphatic heterocycles. The third-order valence-corrected chi connectivity index (χ3v) is 7.62. The number of carbonyl (C=O) groups is 2. The summed E-state index contributed by atoms with van der Waals surface area (Å²) in [5, 5.41) is 14.4. The SMILES string of the molecule is COc1ccc2cc3[n+](cc2c1OC(=O)CCCCCNC(=O)c1cc(N)ccc1O)CCc1cc2c(cc1-3)OCO2. The minimum atomic E-state index is -0.392. The van der Waals surface area contributed by atoms with Crippen molar-refractivity contribution in [3.05, 3.63) is 65.9 Å². The van der Waals surface area contributed by atoms with Crippen LogP contribution in [0.2, 0.25) is 0 Å². The summed E-state index contributed by atoms with van der Waals surface area (Å²) < 4.78 is 24.8. The number of benzene rings is 3. The van der Waals surface area contributed by atoms with Crippen LogP contribution in [0, 0.1) is 0 Å². The predicted molar refractivity (Wildman–Crippen MR) is 155 cm³/mol.